The standard InChI is InChI=1S/C16H20F3N3O/c1-3-14-20-15(4-2)22(21-14)10-12(23)9-11-7-5-6-8-13(11)16(17,18)19/h5-8,12,23H,3-4,9-10H2,1-2H3. The molecule has 23 heavy (non-hydrogen) atoms. The number of hydrogen-bond donors (Lipinski definition) is 1. The van der Waals surface area contributed by atoms with Crippen LogP contribution < -0.4 is 0 Å². The van der Waals surface area contributed by atoms with E-state index in [9.17, 15) is 18.3 Å². The molecule has 0 spiro atoms. The summed E-state index contributed by atoms with van der Waals surface area (Å²) in [5, 5.41) is 14.5. The van der Waals surface area contributed by atoms with Gasteiger partial charge < -0.3 is 5.11 Å². The van der Waals surface area contributed by atoms with Gasteiger partial charge in [0.05, 0.1) is 18.2 Å². The fraction of sp³-hybridized carbons (Fsp3) is 0.500. The number of alkyl halides is 3. The zero-order valence-corrected chi connectivity index (χ0v) is 13.1. The van der Waals surface area contributed by atoms with Gasteiger partial charge >= 0.3 is 6.18 Å². The van der Waals surface area contributed by atoms with Crippen LogP contribution >= 0.6 is 0 Å². The van der Waals surface area contributed by atoms with Gasteiger partial charge in [0.25, 0.3) is 0 Å². The predicted molar refractivity (Wildman–Crippen MR) is 79.9 cm³/mol. The van der Waals surface area contributed by atoms with Gasteiger partial charge in [-0.3, -0.25) is 0 Å². The van der Waals surface area contributed by atoms with Gasteiger partial charge in [0, 0.05) is 19.3 Å². The maximum Gasteiger partial charge on any atom is 0.416 e. The lowest BCUT2D eigenvalue weighted by atomic mass is 10.0. The first-order valence-corrected chi connectivity index (χ1v) is 7.60. The Bertz CT molecular complexity index is 652. The molecule has 1 unspecified atom stereocenters. The van der Waals surface area contributed by atoms with E-state index < -0.39 is 17.8 Å². The molecule has 2 aromatic rings. The van der Waals surface area contributed by atoms with Crippen molar-refractivity contribution in [3.8, 4) is 0 Å². The Labute approximate surface area is 133 Å². The van der Waals surface area contributed by atoms with E-state index in [2.05, 4.69) is 10.1 Å². The lowest BCUT2D eigenvalue weighted by Crippen LogP contribution is -2.22. The Morgan fingerprint density at radius 2 is 1.87 bits per heavy atom. The number of aliphatic hydroxyl groups is 1. The molecule has 7 heteroatoms. The number of rotatable bonds is 6. The van der Waals surface area contributed by atoms with E-state index in [4.69, 9.17) is 0 Å². The molecule has 1 heterocycles. The number of aromatic nitrogens is 3. The van der Waals surface area contributed by atoms with Gasteiger partial charge in [0.2, 0.25) is 0 Å². The zero-order chi connectivity index (χ0) is 17.0. The van der Waals surface area contributed by atoms with Crippen LogP contribution in [0, 0.1) is 0 Å². The smallest absolute Gasteiger partial charge is 0.391 e. The minimum Gasteiger partial charge on any atom is -0.391 e. The molecule has 0 amide bonds. The molecule has 1 aromatic carbocycles. The molecule has 1 atom stereocenters. The molecular formula is C16H20F3N3O. The van der Waals surface area contributed by atoms with Crippen LogP contribution in [0.4, 0.5) is 13.2 Å². The molecule has 0 aliphatic heterocycles. The Morgan fingerprint density at radius 3 is 2.48 bits per heavy atom. The summed E-state index contributed by atoms with van der Waals surface area (Å²) in [6.07, 6.45) is -4.14. The number of aliphatic hydroxyl groups excluding tert-OH is 1. The van der Waals surface area contributed by atoms with E-state index in [0.717, 1.165) is 11.9 Å². The monoisotopic (exact) mass is 327 g/mol. The third-order valence-corrected chi connectivity index (χ3v) is 3.59. The summed E-state index contributed by atoms with van der Waals surface area (Å²) in [6.45, 7) is 3.97. The van der Waals surface area contributed by atoms with E-state index >= 15 is 0 Å². The number of aryl methyl sites for hydroxylation is 2. The van der Waals surface area contributed by atoms with Gasteiger partial charge in [-0.25, -0.2) is 9.67 Å². The minimum absolute atomic E-state index is 0.0832. The van der Waals surface area contributed by atoms with Crippen molar-refractivity contribution in [2.24, 2.45) is 0 Å². The van der Waals surface area contributed by atoms with Crippen LogP contribution in [0.25, 0.3) is 0 Å². The van der Waals surface area contributed by atoms with Crippen molar-refractivity contribution >= 4 is 0 Å². The minimum atomic E-state index is -4.42. The second kappa shape index (κ2) is 7.12. The highest BCUT2D eigenvalue weighted by atomic mass is 19.4. The fourth-order valence-corrected chi connectivity index (χ4v) is 2.48. The molecule has 0 saturated heterocycles. The van der Waals surface area contributed by atoms with Crippen molar-refractivity contribution in [1.29, 1.82) is 0 Å². The van der Waals surface area contributed by atoms with E-state index in [-0.39, 0.29) is 18.5 Å². The maximum atomic E-state index is 13.0. The molecule has 126 valence electrons. The summed E-state index contributed by atoms with van der Waals surface area (Å²) in [5.74, 6) is 1.40. The van der Waals surface area contributed by atoms with Gasteiger partial charge in [-0.15, -0.1) is 0 Å². The molecule has 0 aliphatic carbocycles. The highest BCUT2D eigenvalue weighted by Gasteiger charge is 2.33. The van der Waals surface area contributed by atoms with Gasteiger partial charge in [-0.2, -0.15) is 18.3 Å². The van der Waals surface area contributed by atoms with E-state index in [1.807, 2.05) is 13.8 Å². The molecule has 1 aromatic heterocycles. The molecule has 0 radical (unpaired) electrons. The third-order valence-electron chi connectivity index (χ3n) is 3.59. The van der Waals surface area contributed by atoms with E-state index in [1.54, 1.807) is 10.7 Å². The Morgan fingerprint density at radius 1 is 1.17 bits per heavy atom. The van der Waals surface area contributed by atoms with Crippen LogP contribution in [0.3, 0.4) is 0 Å². The van der Waals surface area contributed by atoms with Crippen molar-refractivity contribution in [1.82, 2.24) is 14.8 Å². The topological polar surface area (TPSA) is 50.9 Å². The molecule has 4 nitrogen and oxygen atoms in total. The first-order chi connectivity index (χ1) is 10.8. The molecular weight excluding hydrogens is 307 g/mol. The van der Waals surface area contributed by atoms with Crippen LogP contribution in [0.15, 0.2) is 24.3 Å². The first kappa shape index (κ1) is 17.5. The second-order valence-corrected chi connectivity index (χ2v) is 5.35. The number of benzene rings is 1. The van der Waals surface area contributed by atoms with Crippen LogP contribution in [-0.4, -0.2) is 26.0 Å². The van der Waals surface area contributed by atoms with Crippen molar-refractivity contribution in [2.45, 2.75) is 51.9 Å². The summed E-state index contributed by atoms with van der Waals surface area (Å²) in [6, 6.07) is 5.31. The molecule has 1 N–H and O–H groups in total. The Hall–Kier alpha value is -1.89. The molecule has 0 fully saturated rings. The van der Waals surface area contributed by atoms with Crippen molar-refractivity contribution in [3.05, 3.63) is 47.0 Å². The fourth-order valence-electron chi connectivity index (χ4n) is 2.48. The average molecular weight is 327 g/mol. The zero-order valence-electron chi connectivity index (χ0n) is 13.1. The van der Waals surface area contributed by atoms with Crippen LogP contribution in [-0.2, 0) is 32.0 Å². The number of nitrogens with zero attached hydrogens (tertiary/aromatic N) is 3. The summed E-state index contributed by atoms with van der Waals surface area (Å²) in [4.78, 5) is 4.32. The molecule has 0 saturated carbocycles. The first-order valence-electron chi connectivity index (χ1n) is 7.60. The molecule has 0 bridgehead atoms. The summed E-state index contributed by atoms with van der Waals surface area (Å²) in [7, 11) is 0. The van der Waals surface area contributed by atoms with Crippen LogP contribution in [0.5, 0.6) is 0 Å². The quantitative estimate of drug-likeness (QED) is 0.887. The second-order valence-electron chi connectivity index (χ2n) is 5.35. The SMILES string of the molecule is CCc1nc(CC)n(CC(O)Cc2ccccc2C(F)(F)F)n1. The van der Waals surface area contributed by atoms with Crippen LogP contribution in [0.1, 0.15) is 36.6 Å². The van der Waals surface area contributed by atoms with Crippen molar-refractivity contribution < 1.29 is 18.3 Å². The third kappa shape index (κ3) is 4.31. The maximum absolute atomic E-state index is 13.0. The van der Waals surface area contributed by atoms with E-state index in [0.29, 0.717) is 18.7 Å². The number of hydrogen-bond acceptors (Lipinski definition) is 3. The largest absolute Gasteiger partial charge is 0.416 e. The van der Waals surface area contributed by atoms with Gasteiger partial charge in [0.15, 0.2) is 5.82 Å². The summed E-state index contributed by atoms with van der Waals surface area (Å²) in [5.41, 5.74) is -0.621. The Kier molecular flexibility index (Phi) is 5.41. The van der Waals surface area contributed by atoms with Crippen molar-refractivity contribution in [3.63, 3.8) is 0 Å². The Balaban J connectivity index is 2.14. The molecule has 0 aliphatic rings. The predicted octanol–water partition coefficient (Wildman–Crippen LogP) is 3.03. The van der Waals surface area contributed by atoms with Gasteiger partial charge in [0.1, 0.15) is 5.82 Å². The lowest BCUT2D eigenvalue weighted by molar-refractivity contribution is -0.138. The lowest BCUT2D eigenvalue weighted by Gasteiger charge is -2.16. The van der Waals surface area contributed by atoms with Crippen LogP contribution in [0.2, 0.25) is 0 Å². The highest BCUT2D eigenvalue weighted by Crippen LogP contribution is 2.32. The normalized spacial score (nSPS) is 13.3. The van der Waals surface area contributed by atoms with Gasteiger partial charge in [-0.1, -0.05) is 32.0 Å². The summed E-state index contributed by atoms with van der Waals surface area (Å²) >= 11 is 0. The van der Waals surface area contributed by atoms with Gasteiger partial charge in [-0.05, 0) is 11.6 Å². The highest BCUT2D eigenvalue weighted by molar-refractivity contribution is 5.30. The summed E-state index contributed by atoms with van der Waals surface area (Å²) < 4.78 is 40.5. The average Bonchev–Trinajstić information content (AvgIpc) is 2.88. The number of halogens is 3. The van der Waals surface area contributed by atoms with E-state index in [1.165, 1.54) is 12.1 Å². The van der Waals surface area contributed by atoms with Crippen molar-refractivity contribution in [2.75, 3.05) is 0 Å². The molecule has 2 rings (SSSR count).